The van der Waals surface area contributed by atoms with Crippen molar-refractivity contribution in [2.24, 2.45) is 0 Å². The van der Waals surface area contributed by atoms with Crippen LogP contribution in [0, 0.1) is 0 Å². The van der Waals surface area contributed by atoms with Crippen LogP contribution in [-0.4, -0.2) is 35.6 Å². The summed E-state index contributed by atoms with van der Waals surface area (Å²) in [5.41, 5.74) is 1.89. The minimum atomic E-state index is -4.99. The van der Waals surface area contributed by atoms with E-state index in [1.165, 1.54) is 18.2 Å². The Bertz CT molecular complexity index is 1370. The van der Waals surface area contributed by atoms with Crippen molar-refractivity contribution in [3.8, 4) is 22.6 Å². The van der Waals surface area contributed by atoms with Gasteiger partial charge in [0, 0.05) is 18.2 Å². The van der Waals surface area contributed by atoms with Gasteiger partial charge in [-0.25, -0.2) is 0 Å². The number of benzene rings is 4. The third-order valence-corrected chi connectivity index (χ3v) is 6.45. The Morgan fingerprint density at radius 3 is 2.05 bits per heavy atom. The molecule has 0 amide bonds. The highest BCUT2D eigenvalue weighted by molar-refractivity contribution is 7.70. The second kappa shape index (κ2) is 12.0. The maximum Gasteiger partial charge on any atom is 0.396 e. The Morgan fingerprint density at radius 2 is 1.43 bits per heavy atom. The number of methoxy groups -OCH3 is 1. The van der Waals surface area contributed by atoms with Gasteiger partial charge in [-0.2, -0.15) is 0 Å². The molecule has 0 heterocycles. The van der Waals surface area contributed by atoms with E-state index >= 15 is 0 Å². The summed E-state index contributed by atoms with van der Waals surface area (Å²) >= 11 is 0. The molecule has 1 atom stereocenters. The first-order valence-corrected chi connectivity index (χ1v) is 13.2. The number of hydrogen-bond donors (Lipinski definition) is 2. The molecule has 7 nitrogen and oxygen atoms in total. The van der Waals surface area contributed by atoms with E-state index in [0.717, 1.165) is 16.7 Å². The Hall–Kier alpha value is -3.74. The summed E-state index contributed by atoms with van der Waals surface area (Å²) in [6.07, 6.45) is -0.741. The van der Waals surface area contributed by atoms with Crippen molar-refractivity contribution in [2.45, 2.75) is 6.10 Å². The standard InChI is InChI=1S/C29H27O7P/c1-34-18-19-35-27-17-16-24(29(30)37(31,32)33)20-26(27)28(36-25-10-6-3-7-11-25)23-14-12-22(13-15-23)21-8-4-2-5-9-21/h2-17,20,28H,18-19H2,1H3,(H2,31,32,33). The molecule has 8 heteroatoms. The lowest BCUT2D eigenvalue weighted by atomic mass is 9.96. The molecule has 4 aromatic carbocycles. The average molecular weight is 519 g/mol. The molecule has 4 rings (SSSR count). The molecule has 190 valence electrons. The molecular weight excluding hydrogens is 491 g/mol. The van der Waals surface area contributed by atoms with Crippen LogP contribution in [0.3, 0.4) is 0 Å². The van der Waals surface area contributed by atoms with Gasteiger partial charge in [0.2, 0.25) is 0 Å². The molecule has 0 bridgehead atoms. The summed E-state index contributed by atoms with van der Waals surface area (Å²) in [5, 5.41) is 0. The predicted molar refractivity (Wildman–Crippen MR) is 141 cm³/mol. The van der Waals surface area contributed by atoms with Crippen LogP contribution in [0.5, 0.6) is 11.5 Å². The van der Waals surface area contributed by atoms with Gasteiger partial charge in [0.15, 0.2) is 6.10 Å². The molecule has 0 saturated heterocycles. The number of rotatable bonds is 11. The van der Waals surface area contributed by atoms with Crippen molar-refractivity contribution in [3.63, 3.8) is 0 Å². The maximum absolute atomic E-state index is 12.4. The van der Waals surface area contributed by atoms with E-state index < -0.39 is 19.2 Å². The molecule has 37 heavy (non-hydrogen) atoms. The smallest absolute Gasteiger partial charge is 0.396 e. The van der Waals surface area contributed by atoms with Crippen LogP contribution in [0.15, 0.2) is 103 Å². The number of hydrogen-bond acceptors (Lipinski definition) is 5. The Balaban J connectivity index is 1.81. The maximum atomic E-state index is 12.4. The van der Waals surface area contributed by atoms with Crippen molar-refractivity contribution in [2.75, 3.05) is 20.3 Å². The summed E-state index contributed by atoms with van der Waals surface area (Å²) in [5.74, 6) is 0.988. The fourth-order valence-electron chi connectivity index (χ4n) is 3.85. The van der Waals surface area contributed by atoms with Gasteiger partial charge >= 0.3 is 7.60 Å². The van der Waals surface area contributed by atoms with E-state index in [1.54, 1.807) is 19.2 Å². The molecule has 1 unspecified atom stereocenters. The second-order valence-electron chi connectivity index (χ2n) is 8.24. The van der Waals surface area contributed by atoms with E-state index in [1.807, 2.05) is 72.8 Å². The van der Waals surface area contributed by atoms with Crippen LogP contribution in [0.25, 0.3) is 11.1 Å². The first-order valence-electron chi connectivity index (χ1n) is 11.6. The van der Waals surface area contributed by atoms with Crippen LogP contribution in [0.4, 0.5) is 0 Å². The predicted octanol–water partition coefficient (Wildman–Crippen LogP) is 5.87. The molecule has 0 aliphatic heterocycles. The second-order valence-corrected chi connectivity index (χ2v) is 9.74. The number of para-hydroxylation sites is 1. The molecule has 0 aromatic heterocycles. The fourth-order valence-corrected chi connectivity index (χ4v) is 4.32. The quantitative estimate of drug-likeness (QED) is 0.189. The number of carbonyl (C=O) groups is 1. The van der Waals surface area contributed by atoms with E-state index in [0.29, 0.717) is 23.7 Å². The van der Waals surface area contributed by atoms with Crippen LogP contribution in [0.2, 0.25) is 0 Å². The van der Waals surface area contributed by atoms with E-state index in [4.69, 9.17) is 14.2 Å². The lowest BCUT2D eigenvalue weighted by molar-refractivity contribution is 0.104. The molecule has 0 saturated carbocycles. The molecule has 0 aliphatic rings. The minimum absolute atomic E-state index is 0.134. The highest BCUT2D eigenvalue weighted by atomic mass is 31.2. The largest absolute Gasteiger partial charge is 0.491 e. The summed E-state index contributed by atoms with van der Waals surface area (Å²) < 4.78 is 29.1. The van der Waals surface area contributed by atoms with Crippen LogP contribution < -0.4 is 9.47 Å². The van der Waals surface area contributed by atoms with E-state index in [2.05, 4.69) is 0 Å². The van der Waals surface area contributed by atoms with Gasteiger partial charge in [-0.05, 0) is 47.0 Å². The molecule has 0 fully saturated rings. The topological polar surface area (TPSA) is 102 Å². The Kier molecular flexibility index (Phi) is 8.54. The summed E-state index contributed by atoms with van der Waals surface area (Å²) in [6.45, 7) is 0.568. The minimum Gasteiger partial charge on any atom is -0.491 e. The van der Waals surface area contributed by atoms with Crippen molar-refractivity contribution in [1.82, 2.24) is 0 Å². The molecule has 0 spiro atoms. The fraction of sp³-hybridized carbons (Fsp3) is 0.138. The first kappa shape index (κ1) is 26.3. The van der Waals surface area contributed by atoms with E-state index in [9.17, 15) is 19.1 Å². The SMILES string of the molecule is COCCOc1ccc(C(=O)P(=O)(O)O)cc1C(Oc1ccccc1)c1ccc(-c2ccccc2)cc1. The van der Waals surface area contributed by atoms with Crippen molar-refractivity contribution in [3.05, 3.63) is 120 Å². The highest BCUT2D eigenvalue weighted by Crippen LogP contribution is 2.42. The zero-order valence-electron chi connectivity index (χ0n) is 20.2. The Labute approximate surface area is 215 Å². The van der Waals surface area contributed by atoms with Crippen LogP contribution in [0.1, 0.15) is 27.6 Å². The normalized spacial score (nSPS) is 12.1. The first-order chi connectivity index (χ1) is 17.9. The van der Waals surface area contributed by atoms with Gasteiger partial charge < -0.3 is 24.0 Å². The van der Waals surface area contributed by atoms with Gasteiger partial charge in [-0.1, -0.05) is 72.8 Å². The molecule has 2 N–H and O–H groups in total. The Morgan fingerprint density at radius 1 is 0.811 bits per heavy atom. The average Bonchev–Trinajstić information content (AvgIpc) is 2.92. The van der Waals surface area contributed by atoms with Gasteiger partial charge in [-0.15, -0.1) is 0 Å². The molecular formula is C29H27O7P. The van der Waals surface area contributed by atoms with Crippen LogP contribution >= 0.6 is 7.60 Å². The van der Waals surface area contributed by atoms with Crippen molar-refractivity contribution < 1.29 is 33.4 Å². The summed E-state index contributed by atoms with van der Waals surface area (Å²) in [6, 6.07) is 31.2. The third kappa shape index (κ3) is 6.73. The molecule has 0 aliphatic carbocycles. The van der Waals surface area contributed by atoms with Crippen LogP contribution in [-0.2, 0) is 9.30 Å². The number of carbonyl (C=O) groups excluding carboxylic acids is 1. The molecule has 0 radical (unpaired) electrons. The lowest BCUT2D eigenvalue weighted by Crippen LogP contribution is -2.14. The molecule has 4 aromatic rings. The van der Waals surface area contributed by atoms with E-state index in [-0.39, 0.29) is 12.2 Å². The lowest BCUT2D eigenvalue weighted by Gasteiger charge is -2.24. The number of ether oxygens (including phenoxy) is 3. The van der Waals surface area contributed by atoms with Crippen molar-refractivity contribution in [1.29, 1.82) is 0 Å². The van der Waals surface area contributed by atoms with Gasteiger partial charge in [0.1, 0.15) is 18.1 Å². The summed E-state index contributed by atoms with van der Waals surface area (Å²) in [4.78, 5) is 31.4. The third-order valence-electron chi connectivity index (χ3n) is 5.67. The highest BCUT2D eigenvalue weighted by Gasteiger charge is 2.30. The summed E-state index contributed by atoms with van der Waals surface area (Å²) in [7, 11) is -3.43. The van der Waals surface area contributed by atoms with Gasteiger partial charge in [0.25, 0.3) is 5.52 Å². The zero-order chi connectivity index (χ0) is 26.3. The van der Waals surface area contributed by atoms with Gasteiger partial charge in [-0.3, -0.25) is 9.36 Å². The zero-order valence-corrected chi connectivity index (χ0v) is 21.1. The van der Waals surface area contributed by atoms with Crippen molar-refractivity contribution >= 4 is 13.1 Å². The van der Waals surface area contributed by atoms with Gasteiger partial charge in [0.05, 0.1) is 6.61 Å². The monoisotopic (exact) mass is 518 g/mol.